The van der Waals surface area contributed by atoms with Crippen LogP contribution in [0, 0.1) is 0 Å². The minimum Gasteiger partial charge on any atom is -0.304 e. The largest absolute Gasteiger partial charge is 0.304 e. The van der Waals surface area contributed by atoms with Gasteiger partial charge in [0.15, 0.2) is 0 Å². The zero-order valence-electron chi connectivity index (χ0n) is 10.5. The molecule has 0 amide bonds. The number of rotatable bonds is 5. The average molecular weight is 291 g/mol. The summed E-state index contributed by atoms with van der Waals surface area (Å²) in [5, 5.41) is 0. The fourth-order valence-corrected chi connectivity index (χ4v) is 2.05. The lowest BCUT2D eigenvalue weighted by atomic mass is 10.5. The van der Waals surface area contributed by atoms with Crippen molar-refractivity contribution in [3.05, 3.63) is 0 Å². The second kappa shape index (κ2) is 7.98. The Labute approximate surface area is 103 Å². The molecule has 0 aromatic heterocycles. The van der Waals surface area contributed by atoms with E-state index in [9.17, 15) is 16.8 Å². The molecule has 0 bridgehead atoms. The van der Waals surface area contributed by atoms with Gasteiger partial charge in [0.1, 0.15) is 0 Å². The highest BCUT2D eigenvalue weighted by molar-refractivity contribution is 8.03. The van der Waals surface area contributed by atoms with E-state index in [-0.39, 0.29) is 0 Å². The van der Waals surface area contributed by atoms with E-state index in [1.165, 1.54) is 19.6 Å². The summed E-state index contributed by atoms with van der Waals surface area (Å²) >= 11 is 0. The van der Waals surface area contributed by atoms with Crippen molar-refractivity contribution < 1.29 is 25.9 Å². The van der Waals surface area contributed by atoms with Gasteiger partial charge >= 0.3 is 0 Å². The van der Waals surface area contributed by atoms with Crippen LogP contribution in [0.1, 0.15) is 27.7 Å². The highest BCUT2D eigenvalue weighted by Gasteiger charge is 2.29. The van der Waals surface area contributed by atoms with Crippen molar-refractivity contribution in [1.29, 1.82) is 0 Å². The van der Waals surface area contributed by atoms with Crippen LogP contribution >= 0.6 is 0 Å². The lowest BCUT2D eigenvalue weighted by molar-refractivity contribution is 0.321. The molecule has 2 N–H and O–H groups in total. The van der Waals surface area contributed by atoms with Gasteiger partial charge in [-0.3, -0.25) is 9.11 Å². The van der Waals surface area contributed by atoms with Crippen LogP contribution in [0.3, 0.4) is 0 Å². The molecule has 0 unspecified atom stereocenters. The Hall–Kier alpha value is -0.220. The summed E-state index contributed by atoms with van der Waals surface area (Å²) in [7, 11) is -9.40. The van der Waals surface area contributed by atoms with Crippen LogP contribution in [0.25, 0.3) is 0 Å². The van der Waals surface area contributed by atoms with Gasteiger partial charge in [-0.25, -0.2) is 0 Å². The molecular formula is C8H21NO6S2. The molecule has 9 heteroatoms. The summed E-state index contributed by atoms with van der Waals surface area (Å²) in [5.41, 5.74) is 0. The fraction of sp³-hybridized carbons (Fsp3) is 1.00. The molecule has 17 heavy (non-hydrogen) atoms. The van der Waals surface area contributed by atoms with Gasteiger partial charge in [-0.15, -0.1) is 0 Å². The van der Waals surface area contributed by atoms with Crippen LogP contribution in [0.2, 0.25) is 0 Å². The first-order chi connectivity index (χ1) is 7.50. The van der Waals surface area contributed by atoms with E-state index < -0.39 is 24.8 Å². The molecule has 0 aliphatic heterocycles. The highest BCUT2D eigenvalue weighted by atomic mass is 32.3. The number of hydrogen-bond acceptors (Lipinski definition) is 5. The highest BCUT2D eigenvalue weighted by Crippen LogP contribution is 2.03. The summed E-state index contributed by atoms with van der Waals surface area (Å²) in [6.45, 7) is 10.8. The normalized spacial score (nSPS) is 12.5. The molecule has 7 nitrogen and oxygen atoms in total. The third-order valence-electron chi connectivity index (χ3n) is 2.18. The van der Waals surface area contributed by atoms with Gasteiger partial charge in [0.05, 0.1) is 0 Å². The van der Waals surface area contributed by atoms with Gasteiger partial charge in [-0.1, -0.05) is 20.8 Å². The van der Waals surface area contributed by atoms with Crippen LogP contribution in [-0.2, 0) is 20.2 Å². The van der Waals surface area contributed by atoms with Crippen molar-refractivity contribution in [2.45, 2.75) is 32.3 Å². The Morgan fingerprint density at radius 2 is 1.12 bits per heavy atom. The van der Waals surface area contributed by atoms with Gasteiger partial charge in [0.25, 0.3) is 20.2 Å². The zero-order chi connectivity index (χ0) is 14.3. The molecule has 0 aromatic carbocycles. The van der Waals surface area contributed by atoms with E-state index in [0.29, 0.717) is 6.92 Å². The van der Waals surface area contributed by atoms with Gasteiger partial charge in [0, 0.05) is 0 Å². The van der Waals surface area contributed by atoms with E-state index >= 15 is 0 Å². The molecule has 106 valence electrons. The third kappa shape index (κ3) is 9.48. The maximum atomic E-state index is 9.99. The monoisotopic (exact) mass is 291 g/mol. The smallest absolute Gasteiger partial charge is 0.284 e. The van der Waals surface area contributed by atoms with Gasteiger partial charge < -0.3 is 4.90 Å². The molecule has 0 aliphatic rings. The van der Waals surface area contributed by atoms with E-state index in [0.717, 1.165) is 0 Å². The molecule has 0 saturated carbocycles. The Morgan fingerprint density at radius 3 is 1.12 bits per heavy atom. The van der Waals surface area contributed by atoms with Crippen molar-refractivity contribution in [3.8, 4) is 0 Å². The summed E-state index contributed by atoms with van der Waals surface area (Å²) < 4.78 is 53.9. The third-order valence-corrected chi connectivity index (χ3v) is 5.32. The summed E-state index contributed by atoms with van der Waals surface area (Å²) in [5.74, 6) is 0. The van der Waals surface area contributed by atoms with E-state index in [1.807, 2.05) is 0 Å². The molecular weight excluding hydrogens is 270 g/mol. The van der Waals surface area contributed by atoms with E-state index in [1.54, 1.807) is 0 Å². The summed E-state index contributed by atoms with van der Waals surface area (Å²) in [6, 6.07) is 0. The van der Waals surface area contributed by atoms with Crippen molar-refractivity contribution in [2.75, 3.05) is 19.6 Å². The molecule has 0 aromatic rings. The van der Waals surface area contributed by atoms with E-state index in [4.69, 9.17) is 9.11 Å². The molecule has 0 saturated heterocycles. The van der Waals surface area contributed by atoms with Crippen molar-refractivity contribution in [2.24, 2.45) is 0 Å². The number of hydrogen-bond donors (Lipinski definition) is 2. The first kappa shape index (κ1) is 19.1. The molecule has 0 aliphatic carbocycles. The SMILES string of the molecule is CC(S(=O)(=O)O)S(=O)(=O)O.CCN(CC)CC. The van der Waals surface area contributed by atoms with Crippen LogP contribution < -0.4 is 0 Å². The standard InChI is InChI=1S/C6H15N.C2H6O6S2/c1-4-7(5-2)6-3;1-2(9(3,4)5)10(6,7)8/h4-6H2,1-3H3;2H,1H3,(H,3,4,5)(H,6,7,8). The van der Waals surface area contributed by atoms with E-state index in [2.05, 4.69) is 25.7 Å². The summed E-state index contributed by atoms with van der Waals surface area (Å²) in [4.78, 5) is 2.38. The molecule has 0 heterocycles. The summed E-state index contributed by atoms with van der Waals surface area (Å²) in [6.07, 6.45) is 0. The van der Waals surface area contributed by atoms with Crippen molar-refractivity contribution in [3.63, 3.8) is 0 Å². The van der Waals surface area contributed by atoms with Crippen LogP contribution in [-0.4, -0.2) is 55.1 Å². The minimum absolute atomic E-state index is 0.657. The topological polar surface area (TPSA) is 112 Å². The molecule has 0 radical (unpaired) electrons. The van der Waals surface area contributed by atoms with Crippen LogP contribution in [0.4, 0.5) is 0 Å². The lowest BCUT2D eigenvalue weighted by Crippen LogP contribution is -2.25. The zero-order valence-corrected chi connectivity index (χ0v) is 12.1. The Balaban J connectivity index is 0. The molecule has 0 rings (SSSR count). The molecule has 0 atom stereocenters. The second-order valence-corrected chi connectivity index (χ2v) is 6.99. The Morgan fingerprint density at radius 1 is 0.882 bits per heavy atom. The van der Waals surface area contributed by atoms with Gasteiger partial charge in [-0.2, -0.15) is 16.8 Å². The number of nitrogens with zero attached hydrogens (tertiary/aromatic N) is 1. The predicted octanol–water partition coefficient (Wildman–Crippen LogP) is 0.456. The van der Waals surface area contributed by atoms with Crippen LogP contribution in [0.15, 0.2) is 0 Å². The molecule has 0 fully saturated rings. The lowest BCUT2D eigenvalue weighted by Gasteiger charge is -2.13. The Kier molecular flexibility index (Phi) is 8.98. The fourth-order valence-electron chi connectivity index (χ4n) is 0.824. The second-order valence-electron chi connectivity index (χ2n) is 3.22. The Bertz CT molecular complexity index is 347. The first-order valence-electron chi connectivity index (χ1n) is 5.15. The van der Waals surface area contributed by atoms with Gasteiger partial charge in [0.2, 0.25) is 4.58 Å². The quantitative estimate of drug-likeness (QED) is 0.707. The van der Waals surface area contributed by atoms with Crippen molar-refractivity contribution >= 4 is 20.2 Å². The maximum Gasteiger partial charge on any atom is 0.284 e. The average Bonchev–Trinajstić information content (AvgIpc) is 2.17. The van der Waals surface area contributed by atoms with Crippen LogP contribution in [0.5, 0.6) is 0 Å². The predicted molar refractivity (Wildman–Crippen MR) is 66.0 cm³/mol. The molecule has 0 spiro atoms. The maximum absolute atomic E-state index is 9.99. The first-order valence-corrected chi connectivity index (χ1v) is 8.16. The van der Waals surface area contributed by atoms with Gasteiger partial charge in [-0.05, 0) is 26.6 Å². The van der Waals surface area contributed by atoms with Crippen molar-refractivity contribution in [1.82, 2.24) is 4.90 Å². The minimum atomic E-state index is -4.70.